The van der Waals surface area contributed by atoms with Crippen LogP contribution in [0.2, 0.25) is 0 Å². The molecule has 0 fully saturated rings. The van der Waals surface area contributed by atoms with Crippen molar-refractivity contribution in [1.82, 2.24) is 4.90 Å². The Morgan fingerprint density at radius 2 is 1.78 bits per heavy atom. The molecule has 6 rings (SSSR count). The first-order valence-electron chi connectivity index (χ1n) is 13.9. The summed E-state index contributed by atoms with van der Waals surface area (Å²) in [4.78, 5) is 8.45. The van der Waals surface area contributed by atoms with Crippen LogP contribution in [-0.2, 0) is 26.1 Å². The van der Waals surface area contributed by atoms with Gasteiger partial charge in [0, 0.05) is 30.7 Å². The summed E-state index contributed by atoms with van der Waals surface area (Å²) in [5, 5.41) is 13.1. The molecule has 5 nitrogen and oxygen atoms in total. The van der Waals surface area contributed by atoms with Gasteiger partial charge in [-0.15, -0.1) is 11.3 Å². The van der Waals surface area contributed by atoms with Gasteiger partial charge in [-0.3, -0.25) is 4.90 Å². The number of rotatable bonds is 9. The summed E-state index contributed by atoms with van der Waals surface area (Å²) in [7, 11) is 0. The van der Waals surface area contributed by atoms with E-state index in [-0.39, 0.29) is 0 Å². The average molecular weight is 558 g/mol. The molecule has 0 radical (unpaired) electrons. The van der Waals surface area contributed by atoms with Gasteiger partial charge in [-0.25, -0.2) is 4.99 Å². The maximum atomic E-state index is 9.96. The lowest BCUT2D eigenvalue weighted by Gasteiger charge is -2.26. The van der Waals surface area contributed by atoms with Crippen molar-refractivity contribution in [3.05, 3.63) is 124 Å². The number of ether oxygens (including phenoxy) is 2. The first-order chi connectivity index (χ1) is 20.2. The van der Waals surface area contributed by atoms with Gasteiger partial charge in [0.25, 0.3) is 0 Å². The number of fused-ring (bicyclic) bond motifs is 2. The summed E-state index contributed by atoms with van der Waals surface area (Å²) in [5.41, 5.74) is 5.19. The quantitative estimate of drug-likeness (QED) is 0.172. The molecule has 41 heavy (non-hydrogen) atoms. The number of thiophene rings is 1. The number of aliphatic imine (C=N–C) groups is 1. The van der Waals surface area contributed by atoms with Crippen molar-refractivity contribution in [1.29, 1.82) is 5.26 Å². The van der Waals surface area contributed by atoms with Gasteiger partial charge in [-0.05, 0) is 64.6 Å². The van der Waals surface area contributed by atoms with Crippen LogP contribution in [0.25, 0.3) is 10.8 Å². The summed E-state index contributed by atoms with van der Waals surface area (Å²) in [5.74, 6) is 1.37. The van der Waals surface area contributed by atoms with E-state index in [4.69, 9.17) is 14.5 Å². The molecule has 0 saturated heterocycles. The Morgan fingerprint density at radius 1 is 0.951 bits per heavy atom. The molecule has 1 aliphatic heterocycles. The van der Waals surface area contributed by atoms with E-state index < -0.39 is 0 Å². The zero-order chi connectivity index (χ0) is 28.0. The highest BCUT2D eigenvalue weighted by molar-refractivity contribution is 7.16. The van der Waals surface area contributed by atoms with E-state index in [9.17, 15) is 5.26 Å². The van der Waals surface area contributed by atoms with E-state index >= 15 is 0 Å². The average Bonchev–Trinajstić information content (AvgIpc) is 3.37. The van der Waals surface area contributed by atoms with Crippen LogP contribution >= 0.6 is 11.3 Å². The van der Waals surface area contributed by atoms with Gasteiger partial charge in [-0.1, -0.05) is 72.8 Å². The van der Waals surface area contributed by atoms with Crippen molar-refractivity contribution in [3.63, 3.8) is 0 Å². The molecule has 1 aliphatic rings. The van der Waals surface area contributed by atoms with Gasteiger partial charge in [0.2, 0.25) is 0 Å². The summed E-state index contributed by atoms with van der Waals surface area (Å²) in [6.07, 6.45) is 2.69. The summed E-state index contributed by atoms with van der Waals surface area (Å²) >= 11 is 1.63. The molecule has 0 bridgehead atoms. The van der Waals surface area contributed by atoms with E-state index in [1.807, 2.05) is 49.5 Å². The third-order valence-corrected chi connectivity index (χ3v) is 8.46. The lowest BCUT2D eigenvalue weighted by molar-refractivity contribution is 0.249. The minimum Gasteiger partial charge on any atom is -0.490 e. The van der Waals surface area contributed by atoms with Crippen LogP contribution in [0.1, 0.15) is 39.6 Å². The highest BCUT2D eigenvalue weighted by atomic mass is 32.1. The van der Waals surface area contributed by atoms with Crippen LogP contribution in [0.3, 0.4) is 0 Å². The maximum Gasteiger partial charge on any atom is 0.161 e. The minimum atomic E-state index is 0.447. The molecule has 0 saturated carbocycles. The fraction of sp³-hybridized carbons (Fsp3) is 0.200. The Morgan fingerprint density at radius 3 is 2.63 bits per heavy atom. The number of hydrogen-bond donors (Lipinski definition) is 0. The van der Waals surface area contributed by atoms with Crippen molar-refractivity contribution >= 4 is 33.3 Å². The smallest absolute Gasteiger partial charge is 0.161 e. The second-order valence-electron chi connectivity index (χ2n) is 10.1. The van der Waals surface area contributed by atoms with Crippen LogP contribution in [0.5, 0.6) is 11.5 Å². The van der Waals surface area contributed by atoms with E-state index in [0.29, 0.717) is 30.3 Å². The maximum absolute atomic E-state index is 9.96. The first kappa shape index (κ1) is 26.8. The predicted molar refractivity (Wildman–Crippen MR) is 166 cm³/mol. The molecule has 0 atom stereocenters. The highest BCUT2D eigenvalue weighted by Gasteiger charge is 2.24. The molecule has 204 valence electrons. The first-order valence-corrected chi connectivity index (χ1v) is 14.7. The van der Waals surface area contributed by atoms with Crippen molar-refractivity contribution < 1.29 is 9.47 Å². The second kappa shape index (κ2) is 12.4. The molecule has 1 aromatic heterocycles. The molecule has 0 spiro atoms. The van der Waals surface area contributed by atoms with Gasteiger partial charge in [0.15, 0.2) is 11.5 Å². The number of benzene rings is 4. The summed E-state index contributed by atoms with van der Waals surface area (Å²) < 4.78 is 12.2. The number of nitriles is 1. The SMILES string of the molecule is CCOc1cc(C=Nc2sc3c(c2C#N)CCN(Cc2ccccc2)C3)ccc1OCc1cccc2ccccc12. The van der Waals surface area contributed by atoms with Crippen molar-refractivity contribution in [2.75, 3.05) is 13.2 Å². The molecule has 0 amide bonds. The largest absolute Gasteiger partial charge is 0.490 e. The van der Waals surface area contributed by atoms with Crippen LogP contribution in [-0.4, -0.2) is 24.3 Å². The molecule has 0 unspecified atom stereocenters. The molecule has 4 aromatic carbocycles. The molecule has 6 heteroatoms. The second-order valence-corrected chi connectivity index (χ2v) is 11.1. The monoisotopic (exact) mass is 557 g/mol. The molecular weight excluding hydrogens is 526 g/mol. The summed E-state index contributed by atoms with van der Waals surface area (Å²) in [6, 6.07) is 33.4. The van der Waals surface area contributed by atoms with Crippen LogP contribution in [0.15, 0.2) is 96.0 Å². The van der Waals surface area contributed by atoms with Gasteiger partial charge >= 0.3 is 0 Å². The Hall–Kier alpha value is -4.44. The lowest BCUT2D eigenvalue weighted by Crippen LogP contribution is -2.29. The van der Waals surface area contributed by atoms with E-state index in [1.165, 1.54) is 21.2 Å². The Labute approximate surface area is 244 Å². The normalized spacial score (nSPS) is 13.3. The van der Waals surface area contributed by atoms with Gasteiger partial charge in [-0.2, -0.15) is 5.26 Å². The Balaban J connectivity index is 1.18. The number of hydrogen-bond acceptors (Lipinski definition) is 6. The fourth-order valence-corrected chi connectivity index (χ4v) is 6.51. The third kappa shape index (κ3) is 6.02. The molecule has 2 heterocycles. The van der Waals surface area contributed by atoms with Gasteiger partial charge < -0.3 is 9.47 Å². The van der Waals surface area contributed by atoms with Gasteiger partial charge in [0.05, 0.1) is 12.2 Å². The summed E-state index contributed by atoms with van der Waals surface area (Å²) in [6.45, 7) is 5.63. The van der Waals surface area contributed by atoms with Crippen LogP contribution in [0.4, 0.5) is 5.00 Å². The van der Waals surface area contributed by atoms with Gasteiger partial charge in [0.1, 0.15) is 17.7 Å². The zero-order valence-electron chi connectivity index (χ0n) is 23.0. The fourth-order valence-electron chi connectivity index (χ4n) is 5.32. The van der Waals surface area contributed by atoms with Crippen molar-refractivity contribution in [3.8, 4) is 17.6 Å². The van der Waals surface area contributed by atoms with E-state index in [1.54, 1.807) is 11.3 Å². The van der Waals surface area contributed by atoms with Crippen LogP contribution < -0.4 is 9.47 Å². The standard InChI is InChI=1S/C35H31N3O2S/c1-2-39-33-19-26(15-16-32(33)40-24-28-13-8-12-27-11-6-7-14-29(27)28)21-37-35-31(20-36)30-17-18-38(23-34(30)41-35)22-25-9-4-3-5-10-25/h3-16,19,21H,2,17-18,22-24H2,1H3. The van der Waals surface area contributed by atoms with E-state index in [2.05, 4.69) is 65.6 Å². The zero-order valence-corrected chi connectivity index (χ0v) is 23.9. The predicted octanol–water partition coefficient (Wildman–Crippen LogP) is 8.06. The third-order valence-electron chi connectivity index (χ3n) is 7.34. The molecule has 5 aromatic rings. The molecule has 0 N–H and O–H groups in total. The Kier molecular flexibility index (Phi) is 8.09. The molecular formula is C35H31N3O2S. The molecule has 0 aliphatic carbocycles. The van der Waals surface area contributed by atoms with E-state index in [0.717, 1.165) is 47.7 Å². The van der Waals surface area contributed by atoms with Crippen LogP contribution in [0, 0.1) is 11.3 Å². The lowest BCUT2D eigenvalue weighted by atomic mass is 10.0. The highest BCUT2D eigenvalue weighted by Crippen LogP contribution is 2.39. The topological polar surface area (TPSA) is 57.8 Å². The number of nitrogens with zero attached hydrogens (tertiary/aromatic N) is 3. The minimum absolute atomic E-state index is 0.447. The Bertz CT molecular complexity index is 1730. The van der Waals surface area contributed by atoms with Crippen molar-refractivity contribution in [2.24, 2.45) is 4.99 Å². The van der Waals surface area contributed by atoms with Crippen molar-refractivity contribution in [2.45, 2.75) is 33.0 Å².